The zero-order chi connectivity index (χ0) is 17.7. The Kier molecular flexibility index (Phi) is 5.47. The Bertz CT molecular complexity index is 811. The van der Waals surface area contributed by atoms with E-state index in [1.54, 1.807) is 38.4 Å². The third-order valence-corrected chi connectivity index (χ3v) is 3.31. The van der Waals surface area contributed by atoms with Gasteiger partial charge in [-0.05, 0) is 30.7 Å². The van der Waals surface area contributed by atoms with E-state index in [0.29, 0.717) is 17.8 Å². The number of benzene rings is 1. The van der Waals surface area contributed by atoms with Crippen molar-refractivity contribution in [1.82, 2.24) is 14.7 Å². The maximum absolute atomic E-state index is 12.3. The fourth-order valence-electron chi connectivity index (χ4n) is 2.13. The van der Waals surface area contributed by atoms with Gasteiger partial charge in [-0.1, -0.05) is 13.0 Å². The van der Waals surface area contributed by atoms with Crippen LogP contribution in [-0.4, -0.2) is 40.6 Å². The zero-order valence-corrected chi connectivity index (χ0v) is 13.9. The Morgan fingerprint density at radius 1 is 1.21 bits per heavy atom. The first-order valence-corrected chi connectivity index (χ1v) is 7.63. The van der Waals surface area contributed by atoms with E-state index < -0.39 is 5.91 Å². The van der Waals surface area contributed by atoms with Gasteiger partial charge in [-0.2, -0.15) is 5.10 Å². The lowest BCUT2D eigenvalue weighted by molar-refractivity contribution is 0.0827. The van der Waals surface area contributed by atoms with Gasteiger partial charge >= 0.3 is 0 Å². The SMILES string of the molecule is CCCn1nc(C(=O)Nc2cccc(C(=O)N(C)C)c2)ccc1=O. The predicted octanol–water partition coefficient (Wildman–Crippen LogP) is 1.61. The van der Waals surface area contributed by atoms with Gasteiger partial charge < -0.3 is 10.2 Å². The van der Waals surface area contributed by atoms with E-state index in [9.17, 15) is 14.4 Å². The van der Waals surface area contributed by atoms with Gasteiger partial charge in [0.25, 0.3) is 17.4 Å². The highest BCUT2D eigenvalue weighted by Crippen LogP contribution is 2.13. The van der Waals surface area contributed by atoms with E-state index in [4.69, 9.17) is 0 Å². The van der Waals surface area contributed by atoms with Crippen molar-refractivity contribution in [2.75, 3.05) is 19.4 Å². The number of aromatic nitrogens is 2. The molecule has 0 aliphatic carbocycles. The third-order valence-electron chi connectivity index (χ3n) is 3.31. The maximum atomic E-state index is 12.3. The number of amides is 2. The second kappa shape index (κ2) is 7.54. The van der Waals surface area contributed by atoms with Crippen LogP contribution in [-0.2, 0) is 6.54 Å². The Morgan fingerprint density at radius 2 is 1.96 bits per heavy atom. The van der Waals surface area contributed by atoms with Gasteiger partial charge in [0.05, 0.1) is 0 Å². The molecule has 0 spiro atoms. The van der Waals surface area contributed by atoms with Crippen LogP contribution in [0, 0.1) is 0 Å². The number of aryl methyl sites for hydroxylation is 1. The smallest absolute Gasteiger partial charge is 0.276 e. The van der Waals surface area contributed by atoms with Crippen molar-refractivity contribution < 1.29 is 9.59 Å². The molecule has 0 aliphatic heterocycles. The fourth-order valence-corrected chi connectivity index (χ4v) is 2.13. The van der Waals surface area contributed by atoms with Gasteiger partial charge in [0.1, 0.15) is 5.69 Å². The van der Waals surface area contributed by atoms with Crippen LogP contribution in [0.25, 0.3) is 0 Å². The molecule has 7 heteroatoms. The monoisotopic (exact) mass is 328 g/mol. The first-order chi connectivity index (χ1) is 11.4. The van der Waals surface area contributed by atoms with Crippen LogP contribution in [0.2, 0.25) is 0 Å². The molecule has 2 amide bonds. The van der Waals surface area contributed by atoms with Gasteiger partial charge in [-0.3, -0.25) is 14.4 Å². The first kappa shape index (κ1) is 17.4. The normalized spacial score (nSPS) is 10.3. The molecule has 1 aromatic carbocycles. The maximum Gasteiger partial charge on any atom is 0.276 e. The Hall–Kier alpha value is -2.96. The predicted molar refractivity (Wildman–Crippen MR) is 91.2 cm³/mol. The molecule has 1 aromatic heterocycles. The molecule has 0 unspecified atom stereocenters. The summed E-state index contributed by atoms with van der Waals surface area (Å²) in [5.74, 6) is -0.588. The summed E-state index contributed by atoms with van der Waals surface area (Å²) in [7, 11) is 3.32. The Balaban J connectivity index is 2.21. The number of nitrogens with one attached hydrogen (secondary N) is 1. The van der Waals surface area contributed by atoms with Crippen molar-refractivity contribution >= 4 is 17.5 Å². The molecule has 7 nitrogen and oxygen atoms in total. The van der Waals surface area contributed by atoms with E-state index in [-0.39, 0.29) is 17.2 Å². The third kappa shape index (κ3) is 4.07. The van der Waals surface area contributed by atoms with Gasteiger partial charge in [-0.15, -0.1) is 0 Å². The van der Waals surface area contributed by atoms with Crippen molar-refractivity contribution in [3.63, 3.8) is 0 Å². The summed E-state index contributed by atoms with van der Waals surface area (Å²) < 4.78 is 1.26. The van der Waals surface area contributed by atoms with Crippen LogP contribution in [0.3, 0.4) is 0 Å². The molecule has 0 atom stereocenters. The largest absolute Gasteiger partial charge is 0.345 e. The van der Waals surface area contributed by atoms with Crippen molar-refractivity contribution in [1.29, 1.82) is 0 Å². The Morgan fingerprint density at radius 3 is 2.62 bits per heavy atom. The summed E-state index contributed by atoms with van der Waals surface area (Å²) in [5, 5.41) is 6.75. The number of hydrogen-bond donors (Lipinski definition) is 1. The lowest BCUT2D eigenvalue weighted by Gasteiger charge is -2.12. The van der Waals surface area contributed by atoms with Crippen LogP contribution >= 0.6 is 0 Å². The molecule has 0 fully saturated rings. The van der Waals surface area contributed by atoms with Crippen LogP contribution < -0.4 is 10.9 Å². The minimum absolute atomic E-state index is 0.146. The highest BCUT2D eigenvalue weighted by atomic mass is 16.2. The number of carbonyl (C=O) groups is 2. The molecule has 0 radical (unpaired) electrons. The lowest BCUT2D eigenvalue weighted by Crippen LogP contribution is -2.26. The summed E-state index contributed by atoms with van der Waals surface area (Å²) in [5.41, 5.74) is 0.865. The summed E-state index contributed by atoms with van der Waals surface area (Å²) >= 11 is 0. The number of hydrogen-bond acceptors (Lipinski definition) is 4. The van der Waals surface area contributed by atoms with E-state index in [0.717, 1.165) is 6.42 Å². The molecule has 2 aromatic rings. The average Bonchev–Trinajstić information content (AvgIpc) is 2.56. The highest BCUT2D eigenvalue weighted by molar-refractivity contribution is 6.03. The molecule has 0 bridgehead atoms. The second-order valence-electron chi connectivity index (χ2n) is 5.51. The molecule has 1 N–H and O–H groups in total. The summed E-state index contributed by atoms with van der Waals surface area (Å²) in [6.45, 7) is 2.38. The molecule has 1 heterocycles. The molecule has 2 rings (SSSR count). The molecular weight excluding hydrogens is 308 g/mol. The van der Waals surface area contributed by atoms with E-state index >= 15 is 0 Å². The summed E-state index contributed by atoms with van der Waals surface area (Å²) in [6, 6.07) is 9.37. The Labute approximate surface area is 139 Å². The highest BCUT2D eigenvalue weighted by Gasteiger charge is 2.12. The fraction of sp³-hybridized carbons (Fsp3) is 0.294. The van der Waals surface area contributed by atoms with Crippen molar-refractivity contribution in [2.45, 2.75) is 19.9 Å². The van der Waals surface area contributed by atoms with Crippen LogP contribution in [0.15, 0.2) is 41.2 Å². The van der Waals surface area contributed by atoms with Gasteiger partial charge in [0.15, 0.2) is 0 Å². The minimum Gasteiger partial charge on any atom is -0.345 e. The summed E-state index contributed by atoms with van der Waals surface area (Å²) in [6.07, 6.45) is 0.743. The van der Waals surface area contributed by atoms with Crippen LogP contribution in [0.4, 0.5) is 5.69 Å². The summed E-state index contributed by atoms with van der Waals surface area (Å²) in [4.78, 5) is 37.4. The van der Waals surface area contributed by atoms with E-state index in [1.165, 1.54) is 21.7 Å². The molecule has 24 heavy (non-hydrogen) atoms. The standard InChI is InChI=1S/C17H20N4O3/c1-4-10-21-15(22)9-8-14(19-21)16(23)18-13-7-5-6-12(11-13)17(24)20(2)3/h5-9,11H,4,10H2,1-3H3,(H,18,23). The number of anilines is 1. The number of nitrogens with zero attached hydrogens (tertiary/aromatic N) is 3. The molecule has 126 valence electrons. The molecule has 0 saturated carbocycles. The van der Waals surface area contributed by atoms with Crippen molar-refractivity contribution in [2.24, 2.45) is 0 Å². The van der Waals surface area contributed by atoms with Gasteiger partial charge in [0, 0.05) is 38.0 Å². The quantitative estimate of drug-likeness (QED) is 0.903. The van der Waals surface area contributed by atoms with Crippen LogP contribution in [0.5, 0.6) is 0 Å². The second-order valence-corrected chi connectivity index (χ2v) is 5.51. The van der Waals surface area contributed by atoms with E-state index in [1.807, 2.05) is 6.92 Å². The van der Waals surface area contributed by atoms with Gasteiger partial charge in [0.2, 0.25) is 0 Å². The zero-order valence-electron chi connectivity index (χ0n) is 13.9. The van der Waals surface area contributed by atoms with Gasteiger partial charge in [-0.25, -0.2) is 4.68 Å². The lowest BCUT2D eigenvalue weighted by atomic mass is 10.2. The first-order valence-electron chi connectivity index (χ1n) is 7.63. The number of rotatable bonds is 5. The van der Waals surface area contributed by atoms with Crippen LogP contribution in [0.1, 0.15) is 34.2 Å². The molecular formula is C17H20N4O3. The number of carbonyl (C=O) groups excluding carboxylic acids is 2. The molecule has 0 saturated heterocycles. The minimum atomic E-state index is -0.436. The van der Waals surface area contributed by atoms with Crippen molar-refractivity contribution in [3.8, 4) is 0 Å². The van der Waals surface area contributed by atoms with Crippen molar-refractivity contribution in [3.05, 3.63) is 58.0 Å². The average molecular weight is 328 g/mol. The topological polar surface area (TPSA) is 84.3 Å². The molecule has 0 aliphatic rings. The van der Waals surface area contributed by atoms with E-state index in [2.05, 4.69) is 10.4 Å².